The molecule has 8 nitrogen and oxygen atoms in total. The van der Waals surface area contributed by atoms with E-state index in [9.17, 15) is 14.9 Å². The van der Waals surface area contributed by atoms with Crippen LogP contribution in [-0.2, 0) is 4.79 Å². The Hall–Kier alpha value is -5.68. The van der Waals surface area contributed by atoms with Crippen LogP contribution < -0.4 is 15.4 Å². The minimum atomic E-state index is -0.406. The Morgan fingerprint density at radius 3 is 2.45 bits per heavy atom. The van der Waals surface area contributed by atoms with E-state index in [1.54, 1.807) is 54.6 Å². The molecule has 0 atom stereocenters. The molecule has 0 unspecified atom stereocenters. The third kappa shape index (κ3) is 6.54. The molecule has 0 aliphatic carbocycles. The van der Waals surface area contributed by atoms with Gasteiger partial charge in [-0.05, 0) is 97.6 Å². The summed E-state index contributed by atoms with van der Waals surface area (Å²) < 4.78 is 5.67. The Morgan fingerprint density at radius 2 is 1.69 bits per heavy atom. The molecule has 3 N–H and O–H groups in total. The summed E-state index contributed by atoms with van der Waals surface area (Å²) in [6.45, 7) is 5.77. The summed E-state index contributed by atoms with van der Waals surface area (Å²) in [5.41, 5.74) is 7.59. The lowest BCUT2D eigenvalue weighted by molar-refractivity contribution is -0.118. The van der Waals surface area contributed by atoms with Gasteiger partial charge in [0.25, 0.3) is 11.8 Å². The second kappa shape index (κ2) is 12.2. The number of benzene rings is 4. The highest BCUT2D eigenvalue weighted by Crippen LogP contribution is 2.23. The Morgan fingerprint density at radius 1 is 0.929 bits per heavy atom. The van der Waals surface area contributed by atoms with Crippen LogP contribution in [0.4, 0.5) is 11.4 Å². The number of aromatic nitrogens is 2. The van der Waals surface area contributed by atoms with Crippen LogP contribution in [0.3, 0.4) is 0 Å². The molecule has 42 heavy (non-hydrogen) atoms. The molecule has 0 aliphatic heterocycles. The van der Waals surface area contributed by atoms with Crippen LogP contribution in [-0.4, -0.2) is 28.4 Å². The number of nitrogens with one attached hydrogen (secondary N) is 3. The van der Waals surface area contributed by atoms with Crippen molar-refractivity contribution in [2.45, 2.75) is 20.8 Å². The smallest absolute Gasteiger partial charge is 0.262 e. The lowest BCUT2D eigenvalue weighted by atomic mass is 10.1. The molecule has 1 heterocycles. The first-order valence-corrected chi connectivity index (χ1v) is 13.4. The molecule has 4 aromatic carbocycles. The Labute approximate surface area is 243 Å². The summed E-state index contributed by atoms with van der Waals surface area (Å²) in [7, 11) is 0. The molecule has 208 valence electrons. The van der Waals surface area contributed by atoms with E-state index in [2.05, 4.69) is 26.7 Å². The zero-order valence-corrected chi connectivity index (χ0v) is 23.5. The average Bonchev–Trinajstić information content (AvgIpc) is 3.38. The van der Waals surface area contributed by atoms with Gasteiger partial charge in [0.2, 0.25) is 0 Å². The molecule has 0 saturated carbocycles. The number of allylic oxidation sites excluding steroid dienone is 1. The molecule has 0 spiro atoms. The van der Waals surface area contributed by atoms with Crippen LogP contribution in [0.15, 0.2) is 84.9 Å². The number of rotatable bonds is 8. The molecule has 0 fully saturated rings. The minimum absolute atomic E-state index is 0.246. The van der Waals surface area contributed by atoms with E-state index in [1.165, 1.54) is 0 Å². The van der Waals surface area contributed by atoms with Gasteiger partial charge in [0.15, 0.2) is 6.61 Å². The summed E-state index contributed by atoms with van der Waals surface area (Å²) in [4.78, 5) is 33.4. The fourth-order valence-corrected chi connectivity index (χ4v) is 4.42. The molecular formula is C34H29N5O3. The number of aromatic amines is 1. The van der Waals surface area contributed by atoms with Crippen LogP contribution in [0.2, 0.25) is 0 Å². The van der Waals surface area contributed by atoms with E-state index in [-0.39, 0.29) is 12.5 Å². The Bertz CT molecular complexity index is 1820. The van der Waals surface area contributed by atoms with E-state index in [0.29, 0.717) is 34.1 Å². The number of nitriles is 1. The van der Waals surface area contributed by atoms with Gasteiger partial charge in [0, 0.05) is 5.69 Å². The van der Waals surface area contributed by atoms with Gasteiger partial charge in [-0.3, -0.25) is 9.59 Å². The van der Waals surface area contributed by atoms with Crippen LogP contribution in [0, 0.1) is 32.1 Å². The number of nitrogens with zero attached hydrogens (tertiary/aromatic N) is 2. The number of aryl methyl sites for hydroxylation is 3. The van der Waals surface area contributed by atoms with Gasteiger partial charge in [0.05, 0.1) is 27.9 Å². The second-order valence-corrected chi connectivity index (χ2v) is 9.98. The maximum atomic E-state index is 12.9. The number of para-hydroxylation sites is 1. The lowest BCUT2D eigenvalue weighted by Gasteiger charge is -2.12. The molecule has 1 aromatic heterocycles. The maximum absolute atomic E-state index is 12.9. The summed E-state index contributed by atoms with van der Waals surface area (Å²) in [5, 5.41) is 15.4. The Balaban J connectivity index is 1.21. The molecule has 8 heteroatoms. The highest BCUT2D eigenvalue weighted by atomic mass is 16.5. The highest BCUT2D eigenvalue weighted by Gasteiger charge is 2.14. The molecule has 2 amide bonds. The van der Waals surface area contributed by atoms with E-state index >= 15 is 0 Å². The first kappa shape index (κ1) is 27.9. The normalized spacial score (nSPS) is 11.1. The van der Waals surface area contributed by atoms with Gasteiger partial charge >= 0.3 is 0 Å². The monoisotopic (exact) mass is 555 g/mol. The van der Waals surface area contributed by atoms with E-state index < -0.39 is 5.91 Å². The van der Waals surface area contributed by atoms with E-state index in [4.69, 9.17) is 4.74 Å². The van der Waals surface area contributed by atoms with Crippen LogP contribution in [0.25, 0.3) is 22.7 Å². The maximum Gasteiger partial charge on any atom is 0.262 e. The quantitative estimate of drug-likeness (QED) is 0.181. The molecule has 0 saturated heterocycles. The van der Waals surface area contributed by atoms with Crippen LogP contribution >= 0.6 is 0 Å². The number of amides is 2. The predicted molar refractivity (Wildman–Crippen MR) is 165 cm³/mol. The van der Waals surface area contributed by atoms with Gasteiger partial charge in [-0.25, -0.2) is 4.98 Å². The molecular weight excluding hydrogens is 526 g/mol. The van der Waals surface area contributed by atoms with Gasteiger partial charge in [-0.2, -0.15) is 5.26 Å². The molecule has 0 aliphatic rings. The second-order valence-electron chi connectivity index (χ2n) is 9.98. The van der Waals surface area contributed by atoms with Gasteiger partial charge < -0.3 is 20.4 Å². The predicted octanol–water partition coefficient (Wildman–Crippen LogP) is 6.82. The largest absolute Gasteiger partial charge is 0.484 e. The van der Waals surface area contributed by atoms with Crippen molar-refractivity contribution in [3.63, 3.8) is 0 Å². The van der Waals surface area contributed by atoms with Crippen molar-refractivity contribution in [1.82, 2.24) is 9.97 Å². The van der Waals surface area contributed by atoms with Crippen molar-refractivity contribution in [3.8, 4) is 11.8 Å². The summed E-state index contributed by atoms with van der Waals surface area (Å²) in [6, 6.07) is 27.6. The number of hydrogen-bond donors (Lipinski definition) is 3. The van der Waals surface area contributed by atoms with Crippen LogP contribution in [0.1, 0.15) is 38.4 Å². The lowest BCUT2D eigenvalue weighted by Crippen LogP contribution is -2.22. The fourth-order valence-electron chi connectivity index (χ4n) is 4.42. The van der Waals surface area contributed by atoms with Crippen molar-refractivity contribution in [3.05, 3.63) is 119 Å². The van der Waals surface area contributed by atoms with Gasteiger partial charge in [0.1, 0.15) is 17.6 Å². The molecule has 5 aromatic rings. The number of imidazole rings is 1. The standard InChI is InChI=1S/C34H29N5O3/c1-21-7-6-8-26(15-21)36-34(41)28-9-4-5-10-29(28)37-32(40)20-42-27-13-11-24(12-14-27)18-25(19-35)33-38-30-16-22(2)23(3)17-31(30)39-33/h4-18H,20H2,1-3H3,(H,36,41)(H,37,40)(H,38,39)/b25-18+. The van der Waals surface area contributed by atoms with Crippen LogP contribution in [0.5, 0.6) is 5.75 Å². The number of carbonyl (C=O) groups excluding carboxylic acids is 2. The fraction of sp³-hybridized carbons (Fsp3) is 0.118. The number of ether oxygens (including phenoxy) is 1. The number of H-pyrrole nitrogens is 1. The summed E-state index contributed by atoms with van der Waals surface area (Å²) in [5.74, 6) is 0.255. The first-order chi connectivity index (χ1) is 20.3. The van der Waals surface area contributed by atoms with E-state index in [0.717, 1.165) is 33.3 Å². The minimum Gasteiger partial charge on any atom is -0.484 e. The molecule has 0 bridgehead atoms. The first-order valence-electron chi connectivity index (χ1n) is 13.4. The molecule has 0 radical (unpaired) electrons. The topological polar surface area (TPSA) is 120 Å². The van der Waals surface area contributed by atoms with Crippen molar-refractivity contribution >= 4 is 45.9 Å². The van der Waals surface area contributed by atoms with Gasteiger partial charge in [-0.1, -0.05) is 36.4 Å². The van der Waals surface area contributed by atoms with Gasteiger partial charge in [-0.15, -0.1) is 0 Å². The SMILES string of the molecule is Cc1cccc(NC(=O)c2ccccc2NC(=O)COc2ccc(/C=C(\C#N)c3nc4cc(C)c(C)cc4[nH]3)cc2)c1. The number of hydrogen-bond acceptors (Lipinski definition) is 5. The Kier molecular flexibility index (Phi) is 8.12. The van der Waals surface area contributed by atoms with E-state index in [1.807, 2.05) is 57.2 Å². The molecule has 5 rings (SSSR count). The van der Waals surface area contributed by atoms with Crippen molar-refractivity contribution in [2.75, 3.05) is 17.2 Å². The van der Waals surface area contributed by atoms with Crippen molar-refractivity contribution in [2.24, 2.45) is 0 Å². The summed E-state index contributed by atoms with van der Waals surface area (Å²) >= 11 is 0. The summed E-state index contributed by atoms with van der Waals surface area (Å²) in [6.07, 6.45) is 1.74. The number of anilines is 2. The zero-order valence-electron chi connectivity index (χ0n) is 23.5. The zero-order chi connectivity index (χ0) is 29.6. The third-order valence-corrected chi connectivity index (χ3v) is 6.76. The van der Waals surface area contributed by atoms with Crippen molar-refractivity contribution < 1.29 is 14.3 Å². The number of fused-ring (bicyclic) bond motifs is 1. The highest BCUT2D eigenvalue weighted by molar-refractivity contribution is 6.10. The number of carbonyl (C=O) groups is 2. The average molecular weight is 556 g/mol. The third-order valence-electron chi connectivity index (χ3n) is 6.76. The van der Waals surface area contributed by atoms with Crippen molar-refractivity contribution in [1.29, 1.82) is 5.26 Å².